The third kappa shape index (κ3) is 3.29. The van der Waals surface area contributed by atoms with Crippen LogP contribution in [0.1, 0.15) is 34.5 Å². The first kappa shape index (κ1) is 16.6. The number of fused-ring (bicyclic) bond motifs is 1. The van der Waals surface area contributed by atoms with Gasteiger partial charge in [-0.2, -0.15) is 0 Å². The maximum Gasteiger partial charge on any atom is 0.271 e. The summed E-state index contributed by atoms with van der Waals surface area (Å²) >= 11 is 0. The molecular weight excluding hydrogens is 332 g/mol. The number of ether oxygens (including phenoxy) is 2. The summed E-state index contributed by atoms with van der Waals surface area (Å²) in [6.45, 7) is 1.56. The highest BCUT2D eigenvalue weighted by atomic mass is 16.5. The van der Waals surface area contributed by atoms with E-state index in [9.17, 15) is 4.79 Å². The van der Waals surface area contributed by atoms with Gasteiger partial charge >= 0.3 is 0 Å². The van der Waals surface area contributed by atoms with Gasteiger partial charge in [0.2, 0.25) is 0 Å². The fourth-order valence-corrected chi connectivity index (χ4v) is 3.17. The molecule has 1 amide bonds. The molecule has 0 spiro atoms. The zero-order chi connectivity index (χ0) is 18.1. The number of amides is 1. The summed E-state index contributed by atoms with van der Waals surface area (Å²) in [5, 5.41) is 2.92. The Balaban J connectivity index is 1.50. The van der Waals surface area contributed by atoms with Crippen LogP contribution in [0.15, 0.2) is 24.5 Å². The molecule has 2 aromatic rings. The van der Waals surface area contributed by atoms with Crippen LogP contribution in [0.5, 0.6) is 11.5 Å². The third-order valence-corrected chi connectivity index (χ3v) is 4.83. The van der Waals surface area contributed by atoms with Gasteiger partial charge in [-0.3, -0.25) is 4.79 Å². The number of hydrogen-bond donors (Lipinski definition) is 1. The molecule has 1 saturated carbocycles. The average molecular weight is 354 g/mol. The second-order valence-corrected chi connectivity index (χ2v) is 6.66. The first-order valence-corrected chi connectivity index (χ1v) is 8.79. The molecule has 1 fully saturated rings. The van der Waals surface area contributed by atoms with E-state index in [1.807, 2.05) is 12.1 Å². The van der Waals surface area contributed by atoms with Gasteiger partial charge in [0.1, 0.15) is 11.5 Å². The van der Waals surface area contributed by atoms with Crippen molar-refractivity contribution in [3.8, 4) is 11.5 Å². The van der Waals surface area contributed by atoms with Crippen LogP contribution in [0.4, 0.5) is 5.82 Å². The summed E-state index contributed by atoms with van der Waals surface area (Å²) in [6.07, 6.45) is 6.23. The standard InChI is InChI=1S/C19H22N4O3/c1-25-16-7-12-5-6-23(11-13(12)8-17(16)26-2)18-10-20-15(9-21-18)19(24)22-14-3-4-14/h7-10,14H,3-6,11H2,1-2H3,(H,22,24). The molecule has 1 aliphatic carbocycles. The van der Waals surface area contributed by atoms with Crippen molar-refractivity contribution in [1.82, 2.24) is 15.3 Å². The number of nitrogens with one attached hydrogen (secondary N) is 1. The lowest BCUT2D eigenvalue weighted by Gasteiger charge is -2.30. The van der Waals surface area contributed by atoms with Gasteiger partial charge in [-0.05, 0) is 42.5 Å². The van der Waals surface area contributed by atoms with E-state index in [1.165, 1.54) is 11.1 Å². The molecular formula is C19H22N4O3. The molecule has 136 valence electrons. The number of benzene rings is 1. The van der Waals surface area contributed by atoms with Gasteiger partial charge in [0.15, 0.2) is 11.5 Å². The molecule has 26 heavy (non-hydrogen) atoms. The Morgan fingerprint density at radius 1 is 1.12 bits per heavy atom. The second-order valence-electron chi connectivity index (χ2n) is 6.66. The molecule has 7 heteroatoms. The Hall–Kier alpha value is -2.83. The minimum atomic E-state index is -0.146. The molecule has 0 bridgehead atoms. The normalized spacial score (nSPS) is 16.0. The van der Waals surface area contributed by atoms with Crippen LogP contribution in [-0.2, 0) is 13.0 Å². The van der Waals surface area contributed by atoms with Crippen LogP contribution in [0.3, 0.4) is 0 Å². The molecule has 1 aromatic heterocycles. The highest BCUT2D eigenvalue weighted by molar-refractivity contribution is 5.92. The minimum Gasteiger partial charge on any atom is -0.493 e. The first-order valence-electron chi connectivity index (χ1n) is 8.79. The zero-order valence-corrected chi connectivity index (χ0v) is 15.0. The van der Waals surface area contributed by atoms with Gasteiger partial charge in [-0.15, -0.1) is 0 Å². The van der Waals surface area contributed by atoms with Crippen molar-refractivity contribution in [2.45, 2.75) is 31.8 Å². The van der Waals surface area contributed by atoms with Gasteiger partial charge in [-0.1, -0.05) is 0 Å². The quantitative estimate of drug-likeness (QED) is 0.884. The Labute approximate surface area is 152 Å². The number of aromatic nitrogens is 2. The predicted molar refractivity (Wildman–Crippen MR) is 96.8 cm³/mol. The summed E-state index contributed by atoms with van der Waals surface area (Å²) in [7, 11) is 3.29. The molecule has 2 heterocycles. The van der Waals surface area contributed by atoms with Crippen molar-refractivity contribution in [3.63, 3.8) is 0 Å². The van der Waals surface area contributed by atoms with E-state index in [2.05, 4.69) is 20.2 Å². The summed E-state index contributed by atoms with van der Waals surface area (Å²) in [4.78, 5) is 22.9. The van der Waals surface area contributed by atoms with Gasteiger partial charge in [0.25, 0.3) is 5.91 Å². The molecule has 7 nitrogen and oxygen atoms in total. The average Bonchev–Trinajstić information content (AvgIpc) is 3.50. The Morgan fingerprint density at radius 3 is 2.46 bits per heavy atom. The summed E-state index contributed by atoms with van der Waals surface area (Å²) < 4.78 is 10.8. The van der Waals surface area contributed by atoms with Gasteiger partial charge in [0, 0.05) is 19.1 Å². The first-order chi connectivity index (χ1) is 12.7. The second kappa shape index (κ2) is 6.82. The van der Waals surface area contributed by atoms with Crippen molar-refractivity contribution in [2.75, 3.05) is 25.7 Å². The Kier molecular flexibility index (Phi) is 4.36. The van der Waals surface area contributed by atoms with Crippen LogP contribution in [0.2, 0.25) is 0 Å². The van der Waals surface area contributed by atoms with E-state index in [-0.39, 0.29) is 5.91 Å². The summed E-state index contributed by atoms with van der Waals surface area (Å²) in [6, 6.07) is 4.38. The van der Waals surface area contributed by atoms with Gasteiger partial charge < -0.3 is 19.7 Å². The largest absolute Gasteiger partial charge is 0.493 e. The van der Waals surface area contributed by atoms with Crippen LogP contribution >= 0.6 is 0 Å². The van der Waals surface area contributed by atoms with Crippen molar-refractivity contribution < 1.29 is 14.3 Å². The number of nitrogens with zero attached hydrogens (tertiary/aromatic N) is 3. The zero-order valence-electron chi connectivity index (χ0n) is 15.0. The number of anilines is 1. The lowest BCUT2D eigenvalue weighted by atomic mass is 9.99. The monoisotopic (exact) mass is 354 g/mol. The number of rotatable bonds is 5. The van der Waals surface area contributed by atoms with Gasteiger partial charge in [0.05, 0.1) is 26.6 Å². The van der Waals surface area contributed by atoms with Crippen molar-refractivity contribution >= 4 is 11.7 Å². The molecule has 1 N–H and O–H groups in total. The summed E-state index contributed by atoms with van der Waals surface area (Å²) in [5.74, 6) is 2.11. The van der Waals surface area contributed by atoms with E-state index in [1.54, 1.807) is 26.6 Å². The highest BCUT2D eigenvalue weighted by Crippen LogP contribution is 2.34. The lowest BCUT2D eigenvalue weighted by Crippen LogP contribution is -2.31. The predicted octanol–water partition coefficient (Wildman–Crippen LogP) is 1.95. The number of hydrogen-bond acceptors (Lipinski definition) is 6. The van der Waals surface area contributed by atoms with Crippen molar-refractivity contribution in [1.29, 1.82) is 0 Å². The molecule has 0 unspecified atom stereocenters. The molecule has 1 aliphatic heterocycles. The molecule has 0 radical (unpaired) electrons. The molecule has 4 rings (SSSR count). The highest BCUT2D eigenvalue weighted by Gasteiger charge is 2.25. The molecule has 1 aromatic carbocycles. The van der Waals surface area contributed by atoms with Crippen molar-refractivity contribution in [3.05, 3.63) is 41.3 Å². The molecule has 0 atom stereocenters. The summed E-state index contributed by atoms with van der Waals surface area (Å²) in [5.41, 5.74) is 2.81. The van der Waals surface area contributed by atoms with Gasteiger partial charge in [-0.25, -0.2) is 9.97 Å². The fourth-order valence-electron chi connectivity index (χ4n) is 3.17. The van der Waals surface area contributed by atoms with Crippen molar-refractivity contribution in [2.24, 2.45) is 0 Å². The van der Waals surface area contributed by atoms with E-state index in [0.717, 1.165) is 49.7 Å². The SMILES string of the molecule is COc1cc2c(cc1OC)CN(c1cnc(C(=O)NC3CC3)cn1)CC2. The maximum atomic E-state index is 12.0. The fraction of sp³-hybridized carbons (Fsp3) is 0.421. The number of carbonyl (C=O) groups excluding carboxylic acids is 1. The molecule has 2 aliphatic rings. The number of carbonyl (C=O) groups is 1. The Morgan fingerprint density at radius 2 is 1.85 bits per heavy atom. The van der Waals surface area contributed by atoms with E-state index >= 15 is 0 Å². The maximum absolute atomic E-state index is 12.0. The number of methoxy groups -OCH3 is 2. The Bertz CT molecular complexity index is 818. The van der Waals surface area contributed by atoms with E-state index < -0.39 is 0 Å². The smallest absolute Gasteiger partial charge is 0.271 e. The lowest BCUT2D eigenvalue weighted by molar-refractivity contribution is 0.0945. The molecule has 0 saturated heterocycles. The topological polar surface area (TPSA) is 76.6 Å². The minimum absolute atomic E-state index is 0.146. The van der Waals surface area contributed by atoms with Crippen LogP contribution < -0.4 is 19.7 Å². The van der Waals surface area contributed by atoms with E-state index in [4.69, 9.17) is 9.47 Å². The third-order valence-electron chi connectivity index (χ3n) is 4.83. The van der Waals surface area contributed by atoms with Crippen LogP contribution in [0.25, 0.3) is 0 Å². The van der Waals surface area contributed by atoms with Crippen LogP contribution in [0, 0.1) is 0 Å². The van der Waals surface area contributed by atoms with Crippen LogP contribution in [-0.4, -0.2) is 42.7 Å². The van der Waals surface area contributed by atoms with E-state index in [0.29, 0.717) is 11.7 Å².